The summed E-state index contributed by atoms with van der Waals surface area (Å²) in [6.07, 6.45) is 0.0485. The lowest BCUT2D eigenvalue weighted by Gasteiger charge is -2.10. The second kappa shape index (κ2) is 8.55. The molecule has 0 bridgehead atoms. The van der Waals surface area contributed by atoms with E-state index >= 15 is 0 Å². The van der Waals surface area contributed by atoms with Crippen molar-refractivity contribution in [2.75, 3.05) is 12.4 Å². The van der Waals surface area contributed by atoms with Crippen molar-refractivity contribution in [2.24, 2.45) is 4.99 Å². The summed E-state index contributed by atoms with van der Waals surface area (Å²) >= 11 is 13.4. The van der Waals surface area contributed by atoms with Crippen LogP contribution >= 0.6 is 35.0 Å². The topological polar surface area (TPSA) is 61.8 Å². The zero-order chi connectivity index (χ0) is 20.4. The number of carbonyl (C=O) groups excluding carboxylic acids is 2. The van der Waals surface area contributed by atoms with Crippen LogP contribution in [-0.4, -0.2) is 34.2 Å². The molecule has 146 valence electrons. The molecule has 0 saturated carbocycles. The Hall–Kier alpha value is -2.02. The molecule has 0 aromatic heterocycles. The van der Waals surface area contributed by atoms with Crippen LogP contribution in [0.15, 0.2) is 41.4 Å². The molecule has 1 aliphatic heterocycles. The zero-order valence-electron chi connectivity index (χ0n) is 15.6. The fraction of sp³-hybridized carbons (Fsp3) is 0.250. The van der Waals surface area contributed by atoms with E-state index in [1.165, 1.54) is 16.7 Å². The van der Waals surface area contributed by atoms with E-state index in [1.54, 1.807) is 31.3 Å². The number of benzene rings is 2. The number of nitrogens with zero attached hydrogens (tertiary/aromatic N) is 2. The van der Waals surface area contributed by atoms with Gasteiger partial charge in [-0.3, -0.25) is 14.5 Å². The van der Waals surface area contributed by atoms with Gasteiger partial charge in [0.2, 0.25) is 11.8 Å². The molecule has 1 aliphatic rings. The molecule has 1 saturated heterocycles. The largest absolute Gasteiger partial charge is 0.326 e. The van der Waals surface area contributed by atoms with Crippen molar-refractivity contribution in [3.05, 3.63) is 57.6 Å². The van der Waals surface area contributed by atoms with Crippen LogP contribution in [0.25, 0.3) is 0 Å². The van der Waals surface area contributed by atoms with Crippen LogP contribution < -0.4 is 5.32 Å². The van der Waals surface area contributed by atoms with Crippen molar-refractivity contribution in [1.82, 2.24) is 4.90 Å². The molecule has 0 unspecified atom stereocenters. The summed E-state index contributed by atoms with van der Waals surface area (Å²) in [5.74, 6) is -0.403. The van der Waals surface area contributed by atoms with Gasteiger partial charge in [0.1, 0.15) is 5.25 Å². The fourth-order valence-corrected chi connectivity index (χ4v) is 4.15. The van der Waals surface area contributed by atoms with E-state index in [2.05, 4.69) is 10.3 Å². The predicted octanol–water partition coefficient (Wildman–Crippen LogP) is 5.20. The van der Waals surface area contributed by atoms with Crippen molar-refractivity contribution < 1.29 is 9.59 Å². The molecule has 0 spiro atoms. The van der Waals surface area contributed by atoms with Crippen LogP contribution in [0.1, 0.15) is 17.5 Å². The maximum atomic E-state index is 12.5. The summed E-state index contributed by atoms with van der Waals surface area (Å²) in [5, 5.41) is 3.97. The van der Waals surface area contributed by atoms with E-state index in [1.807, 2.05) is 26.0 Å². The molecule has 1 heterocycles. The Morgan fingerprint density at radius 1 is 1.18 bits per heavy atom. The van der Waals surface area contributed by atoms with Gasteiger partial charge in [-0.2, -0.15) is 0 Å². The first-order chi connectivity index (χ1) is 13.2. The first kappa shape index (κ1) is 20.7. The first-order valence-corrected chi connectivity index (χ1v) is 10.2. The Morgan fingerprint density at radius 3 is 2.61 bits per heavy atom. The van der Waals surface area contributed by atoms with Gasteiger partial charge in [0.25, 0.3) is 0 Å². The van der Waals surface area contributed by atoms with Crippen LogP contribution in [0.5, 0.6) is 0 Å². The molecule has 1 fully saturated rings. The highest BCUT2D eigenvalue weighted by molar-refractivity contribution is 8.15. The Morgan fingerprint density at radius 2 is 1.89 bits per heavy atom. The summed E-state index contributed by atoms with van der Waals surface area (Å²) in [6, 6.07) is 10.7. The molecule has 0 aliphatic carbocycles. The third-order valence-electron chi connectivity index (χ3n) is 4.35. The SMILES string of the molecule is Cc1ccc(NC(=O)C[C@H]2SC(=Nc3cc(Cl)ccc3C)N(C)C2=O)cc1Cl. The number of amidine groups is 1. The number of carbonyl (C=O) groups is 2. The van der Waals surface area contributed by atoms with Gasteiger partial charge >= 0.3 is 0 Å². The number of hydrogen-bond donors (Lipinski definition) is 1. The van der Waals surface area contributed by atoms with E-state index in [-0.39, 0.29) is 18.2 Å². The highest BCUT2D eigenvalue weighted by atomic mass is 35.5. The summed E-state index contributed by atoms with van der Waals surface area (Å²) in [7, 11) is 1.66. The van der Waals surface area contributed by atoms with Crippen molar-refractivity contribution in [3.8, 4) is 0 Å². The van der Waals surface area contributed by atoms with Gasteiger partial charge in [-0.1, -0.05) is 47.1 Å². The number of aliphatic imine (C=N–C) groups is 1. The number of nitrogens with one attached hydrogen (secondary N) is 1. The number of rotatable bonds is 4. The van der Waals surface area contributed by atoms with Crippen LogP contribution in [0.4, 0.5) is 11.4 Å². The average Bonchev–Trinajstić information content (AvgIpc) is 2.89. The maximum Gasteiger partial charge on any atom is 0.242 e. The van der Waals surface area contributed by atoms with Crippen molar-refractivity contribution in [2.45, 2.75) is 25.5 Å². The third-order valence-corrected chi connectivity index (χ3v) is 6.23. The van der Waals surface area contributed by atoms with Crippen molar-refractivity contribution in [1.29, 1.82) is 0 Å². The number of anilines is 1. The number of amides is 2. The highest BCUT2D eigenvalue weighted by Crippen LogP contribution is 2.32. The van der Waals surface area contributed by atoms with E-state index in [0.29, 0.717) is 26.6 Å². The van der Waals surface area contributed by atoms with E-state index in [4.69, 9.17) is 23.2 Å². The summed E-state index contributed by atoms with van der Waals surface area (Å²) in [5.41, 5.74) is 3.19. The van der Waals surface area contributed by atoms with Gasteiger partial charge in [-0.05, 0) is 49.2 Å². The quantitative estimate of drug-likeness (QED) is 0.717. The van der Waals surface area contributed by atoms with E-state index in [9.17, 15) is 9.59 Å². The lowest BCUT2D eigenvalue weighted by molar-refractivity contribution is -0.127. The molecule has 2 amide bonds. The van der Waals surface area contributed by atoms with Gasteiger partial charge in [0.05, 0.1) is 5.69 Å². The minimum absolute atomic E-state index is 0.0485. The zero-order valence-corrected chi connectivity index (χ0v) is 18.0. The summed E-state index contributed by atoms with van der Waals surface area (Å²) in [4.78, 5) is 31.0. The number of hydrogen-bond acceptors (Lipinski definition) is 4. The van der Waals surface area contributed by atoms with Crippen molar-refractivity contribution >= 4 is 63.3 Å². The maximum absolute atomic E-state index is 12.5. The molecule has 3 rings (SSSR count). The second-order valence-electron chi connectivity index (χ2n) is 6.55. The minimum atomic E-state index is -0.524. The number of aryl methyl sites for hydroxylation is 2. The Kier molecular flexibility index (Phi) is 6.33. The molecule has 8 heteroatoms. The molecule has 5 nitrogen and oxygen atoms in total. The van der Waals surface area contributed by atoms with Gasteiger partial charge in [-0.15, -0.1) is 0 Å². The highest BCUT2D eigenvalue weighted by Gasteiger charge is 2.37. The van der Waals surface area contributed by atoms with E-state index in [0.717, 1.165) is 11.1 Å². The number of thioether (sulfide) groups is 1. The first-order valence-electron chi connectivity index (χ1n) is 8.59. The summed E-state index contributed by atoms with van der Waals surface area (Å²) < 4.78 is 0. The Labute approximate surface area is 178 Å². The van der Waals surface area contributed by atoms with Gasteiger partial charge in [0, 0.05) is 29.2 Å². The van der Waals surface area contributed by atoms with Crippen LogP contribution in [0.3, 0.4) is 0 Å². The van der Waals surface area contributed by atoms with Gasteiger partial charge in [0.15, 0.2) is 5.17 Å². The van der Waals surface area contributed by atoms with Crippen LogP contribution in [-0.2, 0) is 9.59 Å². The average molecular weight is 436 g/mol. The molecule has 1 N–H and O–H groups in total. The van der Waals surface area contributed by atoms with Gasteiger partial charge < -0.3 is 5.32 Å². The summed E-state index contributed by atoms with van der Waals surface area (Å²) in [6.45, 7) is 3.81. The van der Waals surface area contributed by atoms with Gasteiger partial charge in [-0.25, -0.2) is 4.99 Å². The molecule has 1 atom stereocenters. The Bertz CT molecular complexity index is 978. The van der Waals surface area contributed by atoms with E-state index < -0.39 is 5.25 Å². The smallest absolute Gasteiger partial charge is 0.242 e. The predicted molar refractivity (Wildman–Crippen MR) is 117 cm³/mol. The van der Waals surface area contributed by atoms with Crippen LogP contribution in [0, 0.1) is 13.8 Å². The second-order valence-corrected chi connectivity index (χ2v) is 8.56. The molecule has 2 aromatic carbocycles. The fourth-order valence-electron chi connectivity index (χ4n) is 2.65. The molecular weight excluding hydrogens is 417 g/mol. The van der Waals surface area contributed by atoms with Crippen molar-refractivity contribution in [3.63, 3.8) is 0 Å². The third kappa shape index (κ3) is 4.69. The number of halogens is 2. The normalized spacial score (nSPS) is 18.0. The molecule has 28 heavy (non-hydrogen) atoms. The van der Waals surface area contributed by atoms with Crippen LogP contribution in [0.2, 0.25) is 10.0 Å². The standard InChI is InChI=1S/C20H19Cl2N3O2S/c1-11-5-7-14(9-15(11)22)23-18(26)10-17-19(27)25(3)20(28-17)24-16-8-13(21)6-4-12(16)2/h4-9,17H,10H2,1-3H3,(H,23,26)/t17-/m1/s1. The lowest BCUT2D eigenvalue weighted by atomic mass is 10.2. The lowest BCUT2D eigenvalue weighted by Crippen LogP contribution is -2.30. The molecular formula is C20H19Cl2N3O2S. The minimum Gasteiger partial charge on any atom is -0.326 e. The Balaban J connectivity index is 1.70. The molecule has 2 aromatic rings. The monoisotopic (exact) mass is 435 g/mol. The molecule has 0 radical (unpaired) electrons.